The van der Waals surface area contributed by atoms with E-state index in [0.717, 1.165) is 0 Å². The van der Waals surface area contributed by atoms with Crippen LogP contribution in [0.15, 0.2) is 97.1 Å². The van der Waals surface area contributed by atoms with Gasteiger partial charge in [-0.15, -0.1) is 0 Å². The van der Waals surface area contributed by atoms with E-state index in [1.807, 2.05) is 0 Å². The minimum atomic E-state index is -1.30. The zero-order valence-corrected chi connectivity index (χ0v) is 29.0. The van der Waals surface area contributed by atoms with E-state index in [9.17, 15) is 58.8 Å². The Morgan fingerprint density at radius 2 is 0.415 bits per heavy atom. The summed E-state index contributed by atoms with van der Waals surface area (Å²) in [6, 6.07) is 20.2. The molecule has 0 aliphatic heterocycles. The van der Waals surface area contributed by atoms with Gasteiger partial charge in [-0.25, -0.2) is 19.2 Å². The molecule has 0 radical (unpaired) electrons. The molecule has 4 aromatic rings. The van der Waals surface area contributed by atoms with Crippen molar-refractivity contribution in [1.29, 1.82) is 0 Å². The van der Waals surface area contributed by atoms with Gasteiger partial charge in [-0.05, 0) is 70.8 Å². The van der Waals surface area contributed by atoms with Crippen LogP contribution in [0.3, 0.4) is 0 Å². The van der Waals surface area contributed by atoms with Crippen molar-refractivity contribution in [1.82, 2.24) is 0 Å². The van der Waals surface area contributed by atoms with Crippen molar-refractivity contribution >= 4 is 47.8 Å². The van der Waals surface area contributed by atoms with Crippen LogP contribution >= 0.6 is 0 Å². The molecule has 0 spiro atoms. The van der Waals surface area contributed by atoms with E-state index in [0.29, 0.717) is 0 Å². The third kappa shape index (κ3) is 15.8. The summed E-state index contributed by atoms with van der Waals surface area (Å²) >= 11 is 0. The van der Waals surface area contributed by atoms with Gasteiger partial charge in [0.05, 0.1) is 46.1 Å². The Morgan fingerprint density at radius 3 is 0.509 bits per heavy atom. The Morgan fingerprint density at radius 1 is 0.302 bits per heavy atom. The molecule has 0 heterocycles. The number of nitrogens with two attached hydrogens (primary N) is 4. The summed E-state index contributed by atoms with van der Waals surface area (Å²) in [5, 5.41) is 41.2. The second-order valence-electron chi connectivity index (χ2n) is 9.08. The molecule has 4 rings (SSSR count). The molecule has 8 N–H and O–H groups in total. The quantitative estimate of drug-likeness (QED) is 0.124. The van der Waals surface area contributed by atoms with Gasteiger partial charge in [0.1, 0.15) is 0 Å². The summed E-state index contributed by atoms with van der Waals surface area (Å²) in [6.45, 7) is 0. The molecule has 0 saturated carbocycles. The third-order valence-electron chi connectivity index (χ3n) is 5.85. The van der Waals surface area contributed by atoms with Crippen LogP contribution in [-0.2, 0) is 45.6 Å². The molecule has 0 unspecified atom stereocenters. The number of hydrogen-bond donors (Lipinski definition) is 4. The fraction of sp³-hybridized carbons (Fsp3) is 0. The molecule has 21 heteroatoms. The summed E-state index contributed by atoms with van der Waals surface area (Å²) in [4.78, 5) is 100. The van der Waals surface area contributed by atoms with Crippen molar-refractivity contribution in [3.05, 3.63) is 142 Å². The SMILES string of the molecule is NOC(=O)c1ccc(C(=O)[O-])cc1.NOC(=O)c1ccc(C(=O)[O-])cc1.NOC(=O)c1ccc(C(=O)[O-])cc1.NOC(=O)c1ccc(C(=O)[O-])cc1.[Zr+4]. The van der Waals surface area contributed by atoms with Crippen molar-refractivity contribution in [2.24, 2.45) is 23.6 Å². The largest absolute Gasteiger partial charge is 4.00 e. The van der Waals surface area contributed by atoms with E-state index in [-0.39, 0.29) is 70.7 Å². The van der Waals surface area contributed by atoms with Crippen LogP contribution in [0.4, 0.5) is 0 Å². The van der Waals surface area contributed by atoms with Crippen LogP contribution in [0, 0.1) is 0 Å². The maximum absolute atomic E-state index is 10.8. The van der Waals surface area contributed by atoms with Crippen molar-refractivity contribution in [2.75, 3.05) is 0 Å². The van der Waals surface area contributed by atoms with Gasteiger partial charge in [0.25, 0.3) is 0 Å². The number of benzene rings is 4. The van der Waals surface area contributed by atoms with Gasteiger partial charge in [0, 0.05) is 0 Å². The van der Waals surface area contributed by atoms with E-state index in [2.05, 4.69) is 42.9 Å². The number of carboxylic acids is 4. The minimum absolute atomic E-state index is 0. The predicted octanol–water partition coefficient (Wildman–Crippen LogP) is -3.68. The van der Waals surface area contributed by atoms with Gasteiger partial charge >= 0.3 is 50.1 Å². The standard InChI is InChI=1S/4C8H7NO4.Zr/c4*9-13-8(12)6-3-1-5(2-4-6)7(10)11;/h4*1-4H,9H2,(H,10,11);/q;;;;+4/p-4. The molecule has 0 atom stereocenters. The summed E-state index contributed by atoms with van der Waals surface area (Å²) in [7, 11) is 0. The predicted molar refractivity (Wildman–Crippen MR) is 162 cm³/mol. The second-order valence-corrected chi connectivity index (χ2v) is 9.08. The molecule has 0 saturated heterocycles. The maximum Gasteiger partial charge on any atom is 4.00 e. The molecular weight excluding hydrogens is 788 g/mol. The third-order valence-corrected chi connectivity index (χ3v) is 5.85. The second kappa shape index (κ2) is 23.7. The molecule has 20 nitrogen and oxygen atoms in total. The summed E-state index contributed by atoms with van der Waals surface area (Å²) in [5.74, 6) is 10.4. The van der Waals surface area contributed by atoms with Crippen molar-refractivity contribution in [2.45, 2.75) is 0 Å². The first-order valence-electron chi connectivity index (χ1n) is 13.5. The van der Waals surface area contributed by atoms with Crippen LogP contribution in [0.5, 0.6) is 0 Å². The average molecular weight is 812 g/mol. The number of carboxylic acid groups (broad SMARTS) is 4. The van der Waals surface area contributed by atoms with E-state index < -0.39 is 47.8 Å². The topological polar surface area (TPSA) is 370 Å². The molecule has 4 aromatic carbocycles. The summed E-state index contributed by atoms with van der Waals surface area (Å²) in [6.07, 6.45) is 0. The first kappa shape index (κ1) is 46.4. The number of aromatic carboxylic acids is 4. The Kier molecular flexibility index (Phi) is 20.7. The van der Waals surface area contributed by atoms with Crippen LogP contribution in [0.2, 0.25) is 0 Å². The Hall–Kier alpha value is -6.64. The average Bonchev–Trinajstić information content (AvgIpc) is 3.17. The molecular formula is C32H24N4O16Zr. The van der Waals surface area contributed by atoms with Crippen LogP contribution in [0.1, 0.15) is 82.9 Å². The molecule has 53 heavy (non-hydrogen) atoms. The first-order valence-corrected chi connectivity index (χ1v) is 13.5. The van der Waals surface area contributed by atoms with Crippen molar-refractivity contribution < 1.29 is 104 Å². The molecule has 0 aliphatic rings. The molecule has 272 valence electrons. The zero-order chi connectivity index (χ0) is 39.4. The first-order chi connectivity index (χ1) is 24.6. The van der Waals surface area contributed by atoms with Crippen LogP contribution < -0.4 is 44.0 Å². The number of rotatable bonds is 8. The summed E-state index contributed by atoms with van der Waals surface area (Å²) in [5.41, 5.74) is 0.726. The number of hydrogen-bond acceptors (Lipinski definition) is 20. The Labute approximate surface area is 316 Å². The van der Waals surface area contributed by atoms with Gasteiger partial charge in [0.15, 0.2) is 0 Å². The van der Waals surface area contributed by atoms with E-state index in [1.54, 1.807) is 0 Å². The summed E-state index contributed by atoms with van der Waals surface area (Å²) < 4.78 is 0. The fourth-order valence-electron chi connectivity index (χ4n) is 3.24. The minimum Gasteiger partial charge on any atom is -0.545 e. The van der Waals surface area contributed by atoms with Crippen LogP contribution in [0.25, 0.3) is 0 Å². The van der Waals surface area contributed by atoms with Crippen molar-refractivity contribution in [3.8, 4) is 0 Å². The molecule has 0 fully saturated rings. The van der Waals surface area contributed by atoms with E-state index in [1.165, 1.54) is 97.1 Å². The molecule has 0 amide bonds. The van der Waals surface area contributed by atoms with E-state index in [4.69, 9.17) is 0 Å². The number of carbonyl (C=O) groups is 8. The maximum atomic E-state index is 10.8. The smallest absolute Gasteiger partial charge is 0.545 e. The fourth-order valence-corrected chi connectivity index (χ4v) is 3.24. The molecule has 0 bridgehead atoms. The van der Waals surface area contributed by atoms with Gasteiger partial charge in [-0.1, -0.05) is 48.5 Å². The van der Waals surface area contributed by atoms with Crippen molar-refractivity contribution in [3.63, 3.8) is 0 Å². The van der Waals surface area contributed by atoms with Gasteiger partial charge in [-0.3, -0.25) is 0 Å². The Balaban J connectivity index is 0.000000676. The van der Waals surface area contributed by atoms with Gasteiger partial charge in [-0.2, -0.15) is 23.6 Å². The normalized spacial score (nSPS) is 9.13. The zero-order valence-electron chi connectivity index (χ0n) is 26.6. The van der Waals surface area contributed by atoms with E-state index >= 15 is 0 Å². The van der Waals surface area contributed by atoms with Gasteiger partial charge in [0.2, 0.25) is 0 Å². The monoisotopic (exact) mass is 810 g/mol. The number of carbonyl (C=O) groups excluding carboxylic acids is 8. The molecule has 0 aromatic heterocycles. The molecule has 0 aliphatic carbocycles. The van der Waals surface area contributed by atoms with Crippen LogP contribution in [-0.4, -0.2) is 47.8 Å². The van der Waals surface area contributed by atoms with Gasteiger partial charge < -0.3 is 59.0 Å². The Bertz CT molecular complexity index is 1610.